The van der Waals surface area contributed by atoms with E-state index in [0.29, 0.717) is 19.7 Å². The van der Waals surface area contributed by atoms with Gasteiger partial charge in [-0.05, 0) is 33.3 Å². The van der Waals surface area contributed by atoms with Gasteiger partial charge in [-0.3, -0.25) is 0 Å². The lowest BCUT2D eigenvalue weighted by Crippen LogP contribution is -2.57. The third kappa shape index (κ3) is 4.51. The van der Waals surface area contributed by atoms with E-state index in [-0.39, 0.29) is 24.3 Å². The SMILES string of the molecule is C[C@@H](NN1CCO[C@@H]2CN(C(=O)OC(C)(C)C)C[C@@H]21)c1ccccc1. The minimum atomic E-state index is -0.481. The number of amides is 1. The monoisotopic (exact) mass is 347 g/mol. The Bertz CT molecular complexity index is 587. The Balaban J connectivity index is 1.62. The van der Waals surface area contributed by atoms with E-state index in [9.17, 15) is 4.79 Å². The molecule has 2 aliphatic heterocycles. The number of hydrazine groups is 1. The highest BCUT2D eigenvalue weighted by Crippen LogP contribution is 2.25. The molecule has 1 N–H and O–H groups in total. The predicted octanol–water partition coefficient (Wildman–Crippen LogP) is 2.57. The molecule has 3 atom stereocenters. The Morgan fingerprint density at radius 2 is 2.00 bits per heavy atom. The van der Waals surface area contributed by atoms with Crippen LogP contribution in [0.3, 0.4) is 0 Å². The topological polar surface area (TPSA) is 54.0 Å². The van der Waals surface area contributed by atoms with Crippen molar-refractivity contribution in [3.63, 3.8) is 0 Å². The van der Waals surface area contributed by atoms with Crippen LogP contribution in [0.1, 0.15) is 39.3 Å². The number of hydrogen-bond donors (Lipinski definition) is 1. The molecule has 0 bridgehead atoms. The predicted molar refractivity (Wildman–Crippen MR) is 96.0 cm³/mol. The van der Waals surface area contributed by atoms with Gasteiger partial charge in [0.2, 0.25) is 0 Å². The van der Waals surface area contributed by atoms with Crippen LogP contribution in [0.4, 0.5) is 4.79 Å². The third-order valence-corrected chi connectivity index (χ3v) is 4.61. The quantitative estimate of drug-likeness (QED) is 0.911. The molecule has 3 rings (SSSR count). The molecule has 0 aromatic heterocycles. The lowest BCUT2D eigenvalue weighted by molar-refractivity contribution is -0.0731. The molecule has 25 heavy (non-hydrogen) atoms. The van der Waals surface area contributed by atoms with Crippen LogP contribution in [0.2, 0.25) is 0 Å². The van der Waals surface area contributed by atoms with Gasteiger partial charge in [-0.15, -0.1) is 0 Å². The van der Waals surface area contributed by atoms with Crippen LogP contribution in [0.5, 0.6) is 0 Å². The molecule has 1 amide bonds. The number of morpholine rings is 1. The minimum absolute atomic E-state index is 0.0248. The first-order valence-electron chi connectivity index (χ1n) is 9.01. The number of benzene rings is 1. The molecule has 2 saturated heterocycles. The number of likely N-dealkylation sites (tertiary alicyclic amines) is 1. The number of rotatable bonds is 3. The molecule has 2 fully saturated rings. The van der Waals surface area contributed by atoms with Crippen LogP contribution in [0.15, 0.2) is 30.3 Å². The molecule has 6 heteroatoms. The summed E-state index contributed by atoms with van der Waals surface area (Å²) in [4.78, 5) is 14.1. The summed E-state index contributed by atoms with van der Waals surface area (Å²) in [6.45, 7) is 10.5. The van der Waals surface area contributed by atoms with E-state index >= 15 is 0 Å². The summed E-state index contributed by atoms with van der Waals surface area (Å²) in [7, 11) is 0. The summed E-state index contributed by atoms with van der Waals surface area (Å²) >= 11 is 0. The lowest BCUT2D eigenvalue weighted by Gasteiger charge is -2.38. The number of nitrogens with one attached hydrogen (secondary N) is 1. The molecule has 0 spiro atoms. The molecule has 6 nitrogen and oxygen atoms in total. The molecule has 0 unspecified atom stereocenters. The first kappa shape index (κ1) is 18.2. The second-order valence-electron chi connectivity index (χ2n) is 7.82. The van der Waals surface area contributed by atoms with Gasteiger partial charge in [0.15, 0.2) is 0 Å². The van der Waals surface area contributed by atoms with Crippen molar-refractivity contribution in [1.82, 2.24) is 15.3 Å². The van der Waals surface area contributed by atoms with Crippen molar-refractivity contribution in [3.05, 3.63) is 35.9 Å². The Labute approximate surface area is 150 Å². The van der Waals surface area contributed by atoms with Crippen LogP contribution < -0.4 is 5.43 Å². The molecule has 2 aliphatic rings. The van der Waals surface area contributed by atoms with Crippen LogP contribution in [-0.4, -0.2) is 60.0 Å². The number of carbonyl (C=O) groups is 1. The van der Waals surface area contributed by atoms with Crippen LogP contribution in [0.25, 0.3) is 0 Å². The summed E-state index contributed by atoms with van der Waals surface area (Å²) in [5.74, 6) is 0. The highest BCUT2D eigenvalue weighted by atomic mass is 16.6. The van der Waals surface area contributed by atoms with Crippen molar-refractivity contribution in [2.24, 2.45) is 0 Å². The zero-order chi connectivity index (χ0) is 18.0. The summed E-state index contributed by atoms with van der Waals surface area (Å²) in [6.07, 6.45) is -0.238. The molecule has 138 valence electrons. The highest BCUT2D eigenvalue weighted by Gasteiger charge is 2.43. The molecule has 0 radical (unpaired) electrons. The number of carbonyl (C=O) groups excluding carboxylic acids is 1. The van der Waals surface area contributed by atoms with E-state index in [4.69, 9.17) is 9.47 Å². The Morgan fingerprint density at radius 3 is 2.68 bits per heavy atom. The first-order chi connectivity index (χ1) is 11.8. The van der Waals surface area contributed by atoms with Gasteiger partial charge in [0.05, 0.1) is 25.3 Å². The Hall–Kier alpha value is -1.63. The van der Waals surface area contributed by atoms with Crippen molar-refractivity contribution < 1.29 is 14.3 Å². The number of ether oxygens (including phenoxy) is 2. The average Bonchev–Trinajstić information content (AvgIpc) is 2.99. The zero-order valence-electron chi connectivity index (χ0n) is 15.6. The zero-order valence-corrected chi connectivity index (χ0v) is 15.6. The van der Waals surface area contributed by atoms with E-state index in [2.05, 4.69) is 41.6 Å². The second kappa shape index (κ2) is 7.32. The summed E-state index contributed by atoms with van der Waals surface area (Å²) in [5.41, 5.74) is 4.35. The molecule has 0 aliphatic carbocycles. The van der Waals surface area contributed by atoms with E-state index in [0.717, 1.165) is 6.54 Å². The maximum atomic E-state index is 12.4. The second-order valence-corrected chi connectivity index (χ2v) is 7.82. The van der Waals surface area contributed by atoms with Crippen molar-refractivity contribution in [2.75, 3.05) is 26.2 Å². The Morgan fingerprint density at radius 1 is 1.28 bits per heavy atom. The number of nitrogens with zero attached hydrogens (tertiary/aromatic N) is 2. The van der Waals surface area contributed by atoms with Gasteiger partial charge in [0.1, 0.15) is 5.60 Å². The lowest BCUT2D eigenvalue weighted by atomic mass is 10.1. The molecule has 1 aromatic rings. The van der Waals surface area contributed by atoms with Gasteiger partial charge >= 0.3 is 6.09 Å². The molecule has 2 heterocycles. The fourth-order valence-corrected chi connectivity index (χ4v) is 3.39. The maximum absolute atomic E-state index is 12.4. The Kier molecular flexibility index (Phi) is 5.32. The third-order valence-electron chi connectivity index (χ3n) is 4.61. The van der Waals surface area contributed by atoms with E-state index in [1.165, 1.54) is 5.56 Å². The van der Waals surface area contributed by atoms with Crippen LogP contribution >= 0.6 is 0 Å². The van der Waals surface area contributed by atoms with Crippen molar-refractivity contribution in [3.8, 4) is 0 Å². The fourth-order valence-electron chi connectivity index (χ4n) is 3.39. The van der Waals surface area contributed by atoms with Crippen molar-refractivity contribution >= 4 is 6.09 Å². The molecular formula is C19H29N3O3. The highest BCUT2D eigenvalue weighted by molar-refractivity contribution is 5.68. The van der Waals surface area contributed by atoms with Gasteiger partial charge < -0.3 is 14.4 Å². The standard InChI is InChI=1S/C19H29N3O3/c1-14(15-8-6-5-7-9-15)20-22-10-11-24-17-13-21(12-16(17)22)18(23)25-19(2,3)4/h5-9,14,16-17,20H,10-13H2,1-4H3/t14-,16+,17-/m1/s1. The largest absolute Gasteiger partial charge is 0.444 e. The smallest absolute Gasteiger partial charge is 0.410 e. The number of hydrogen-bond acceptors (Lipinski definition) is 5. The normalized spacial score (nSPS) is 25.5. The van der Waals surface area contributed by atoms with Crippen molar-refractivity contribution in [2.45, 2.75) is 51.5 Å². The maximum Gasteiger partial charge on any atom is 0.410 e. The first-order valence-corrected chi connectivity index (χ1v) is 9.01. The fraction of sp³-hybridized carbons (Fsp3) is 0.632. The minimum Gasteiger partial charge on any atom is -0.444 e. The van der Waals surface area contributed by atoms with Crippen molar-refractivity contribution in [1.29, 1.82) is 0 Å². The molecule has 1 aromatic carbocycles. The van der Waals surface area contributed by atoms with E-state index in [1.54, 1.807) is 4.90 Å². The summed E-state index contributed by atoms with van der Waals surface area (Å²) in [6, 6.07) is 10.7. The molecule has 0 saturated carbocycles. The molecular weight excluding hydrogens is 318 g/mol. The van der Waals surface area contributed by atoms with Crippen LogP contribution in [-0.2, 0) is 9.47 Å². The van der Waals surface area contributed by atoms with Gasteiger partial charge in [-0.2, -0.15) is 0 Å². The average molecular weight is 347 g/mol. The van der Waals surface area contributed by atoms with Crippen LogP contribution in [0, 0.1) is 0 Å². The number of fused-ring (bicyclic) bond motifs is 1. The van der Waals surface area contributed by atoms with E-state index < -0.39 is 5.60 Å². The summed E-state index contributed by atoms with van der Waals surface area (Å²) in [5, 5.41) is 2.23. The van der Waals surface area contributed by atoms with Gasteiger partial charge in [0, 0.05) is 19.1 Å². The summed E-state index contributed by atoms with van der Waals surface area (Å²) < 4.78 is 11.4. The van der Waals surface area contributed by atoms with Gasteiger partial charge in [-0.25, -0.2) is 15.2 Å². The van der Waals surface area contributed by atoms with Gasteiger partial charge in [-0.1, -0.05) is 30.3 Å². The van der Waals surface area contributed by atoms with E-state index in [1.807, 2.05) is 26.8 Å². The van der Waals surface area contributed by atoms with Gasteiger partial charge in [0.25, 0.3) is 0 Å².